The molecule has 0 aliphatic carbocycles. The minimum atomic E-state index is -1.19. The van der Waals surface area contributed by atoms with Gasteiger partial charge in [-0.25, -0.2) is 10.0 Å². The molecule has 0 radical (unpaired) electrons. The van der Waals surface area contributed by atoms with Gasteiger partial charge >= 0.3 is 5.97 Å². The van der Waals surface area contributed by atoms with Gasteiger partial charge in [0.05, 0.1) is 11.9 Å². The van der Waals surface area contributed by atoms with Crippen molar-refractivity contribution in [3.63, 3.8) is 0 Å². The lowest BCUT2D eigenvalue weighted by Crippen LogP contribution is -2.25. The Morgan fingerprint density at radius 1 is 1.39 bits per heavy atom. The van der Waals surface area contributed by atoms with Gasteiger partial charge in [0.25, 0.3) is 0 Å². The molecule has 1 atom stereocenters. The first kappa shape index (κ1) is 14.8. The topological polar surface area (TPSA) is 26.3 Å². The predicted octanol–water partition coefficient (Wildman–Crippen LogP) is 3.70. The van der Waals surface area contributed by atoms with Crippen LogP contribution in [0.3, 0.4) is 0 Å². The first-order valence-electron chi connectivity index (χ1n) is 6.04. The van der Waals surface area contributed by atoms with Crippen molar-refractivity contribution in [3.05, 3.63) is 36.4 Å². The molecule has 0 N–H and O–H groups in total. The fraction of sp³-hybridized carbons (Fsp3) is 0.400. The maximum absolute atomic E-state index is 11.9. The highest BCUT2D eigenvalue weighted by molar-refractivity contribution is 8.33. The summed E-state index contributed by atoms with van der Waals surface area (Å²) in [4.78, 5) is 13.1. The summed E-state index contributed by atoms with van der Waals surface area (Å²) >= 11 is 0. The molecule has 0 aromatic heterocycles. The van der Waals surface area contributed by atoms with E-state index >= 15 is 0 Å². The summed E-state index contributed by atoms with van der Waals surface area (Å²) in [5.74, 6) is -0.106. The van der Waals surface area contributed by atoms with Crippen LogP contribution in [-0.2, 0) is 9.53 Å². The summed E-state index contributed by atoms with van der Waals surface area (Å²) in [5.41, 5.74) is 1.10. The Morgan fingerprint density at radius 3 is 2.39 bits per heavy atom. The molecule has 0 amide bonds. The number of carbonyl (C=O) groups excluding carboxylic acids is 1. The van der Waals surface area contributed by atoms with E-state index in [2.05, 4.69) is 31.2 Å². The van der Waals surface area contributed by atoms with E-state index in [9.17, 15) is 4.79 Å². The van der Waals surface area contributed by atoms with Gasteiger partial charge in [-0.15, -0.1) is 0 Å². The third kappa shape index (κ3) is 3.16. The Kier molecular flexibility index (Phi) is 5.03. The van der Waals surface area contributed by atoms with Gasteiger partial charge in [-0.2, -0.15) is 0 Å². The van der Waals surface area contributed by atoms with Crippen LogP contribution in [0.4, 0.5) is 0 Å². The van der Waals surface area contributed by atoms with Crippen molar-refractivity contribution < 1.29 is 9.53 Å². The van der Waals surface area contributed by atoms with Crippen LogP contribution in [0.2, 0.25) is 0 Å². The zero-order valence-corrected chi connectivity index (χ0v) is 12.4. The smallest absolute Gasteiger partial charge is 0.317 e. The number of hydrogen-bond acceptors (Lipinski definition) is 2. The van der Waals surface area contributed by atoms with Crippen LogP contribution in [-0.4, -0.2) is 30.3 Å². The van der Waals surface area contributed by atoms with Crippen LogP contribution in [0, 0.1) is 0 Å². The van der Waals surface area contributed by atoms with E-state index in [1.165, 1.54) is 4.90 Å². The van der Waals surface area contributed by atoms with Gasteiger partial charge in [-0.05, 0) is 49.0 Å². The van der Waals surface area contributed by atoms with Crippen molar-refractivity contribution in [2.75, 3.05) is 19.1 Å². The molecule has 18 heavy (non-hydrogen) atoms. The molecule has 0 bridgehead atoms. The Bertz CT molecular complexity index is 421. The number of carbonyl (C=O) groups is 1. The molecule has 0 unspecified atom stereocenters. The second-order valence-corrected chi connectivity index (χ2v) is 8.56. The fourth-order valence-electron chi connectivity index (χ4n) is 1.66. The van der Waals surface area contributed by atoms with E-state index in [1.54, 1.807) is 0 Å². The zero-order chi connectivity index (χ0) is 13.8. The van der Waals surface area contributed by atoms with E-state index in [1.807, 2.05) is 32.1 Å². The van der Waals surface area contributed by atoms with Crippen LogP contribution in [0.15, 0.2) is 35.7 Å². The number of rotatable bonds is 5. The van der Waals surface area contributed by atoms with Gasteiger partial charge in [0.15, 0.2) is 0 Å². The van der Waals surface area contributed by atoms with Gasteiger partial charge < -0.3 is 4.74 Å². The maximum Gasteiger partial charge on any atom is 0.317 e. The van der Waals surface area contributed by atoms with E-state index in [0.717, 1.165) is 5.56 Å². The summed E-state index contributed by atoms with van der Waals surface area (Å²) in [6.07, 6.45) is 6.12. The minimum Gasteiger partial charge on any atom is -0.465 e. The van der Waals surface area contributed by atoms with Crippen molar-refractivity contribution in [2.24, 2.45) is 0 Å². The van der Waals surface area contributed by atoms with Crippen molar-refractivity contribution in [1.82, 2.24) is 0 Å². The zero-order valence-electron chi connectivity index (χ0n) is 11.6. The fourth-order valence-corrected chi connectivity index (χ4v) is 3.45. The van der Waals surface area contributed by atoms with Crippen LogP contribution >= 0.6 is 10.0 Å². The molecule has 0 fully saturated rings. The van der Waals surface area contributed by atoms with Gasteiger partial charge in [-0.1, -0.05) is 24.8 Å². The van der Waals surface area contributed by atoms with Crippen molar-refractivity contribution in [1.29, 1.82) is 0 Å². The molecule has 0 spiro atoms. The molecule has 0 saturated carbocycles. The molecule has 0 aliphatic rings. The van der Waals surface area contributed by atoms with Crippen LogP contribution in [0.25, 0.3) is 6.08 Å². The Balaban J connectivity index is 2.96. The van der Waals surface area contributed by atoms with Crippen molar-refractivity contribution in [3.8, 4) is 0 Å². The van der Waals surface area contributed by atoms with Gasteiger partial charge in [-0.3, -0.25) is 4.79 Å². The van der Waals surface area contributed by atoms with E-state index < -0.39 is 10.0 Å². The second-order valence-electron chi connectivity index (χ2n) is 4.57. The predicted molar refractivity (Wildman–Crippen MR) is 80.3 cm³/mol. The van der Waals surface area contributed by atoms with Gasteiger partial charge in [0.1, 0.15) is 0 Å². The van der Waals surface area contributed by atoms with E-state index in [0.29, 0.717) is 6.61 Å². The molecule has 1 aromatic rings. The largest absolute Gasteiger partial charge is 0.465 e. The standard InChI is InChI=1S/C15H22O2S/c1-6-13-8-10-14(11-9-13)18(4,5)12(3)15(16)17-7-2/h6,8-12H,1,7H2,2-5H3/t12-/m1/s1. The molecule has 0 heterocycles. The summed E-state index contributed by atoms with van der Waals surface area (Å²) in [6.45, 7) is 7.97. The summed E-state index contributed by atoms with van der Waals surface area (Å²) < 4.78 is 5.12. The quantitative estimate of drug-likeness (QED) is 0.760. The summed E-state index contributed by atoms with van der Waals surface area (Å²) in [5, 5.41) is -0.0907. The Hall–Kier alpha value is -1.22. The Morgan fingerprint density at radius 2 is 1.94 bits per heavy atom. The molecule has 0 saturated heterocycles. The van der Waals surface area contributed by atoms with Crippen LogP contribution in [0.1, 0.15) is 19.4 Å². The second kappa shape index (κ2) is 6.10. The summed E-state index contributed by atoms with van der Waals surface area (Å²) in [7, 11) is -1.19. The normalized spacial score (nSPS) is 13.8. The van der Waals surface area contributed by atoms with Crippen LogP contribution < -0.4 is 0 Å². The lowest BCUT2D eigenvalue weighted by molar-refractivity contribution is -0.142. The third-order valence-electron chi connectivity index (χ3n) is 3.23. The lowest BCUT2D eigenvalue weighted by atomic mass is 10.2. The van der Waals surface area contributed by atoms with E-state index in [-0.39, 0.29) is 11.2 Å². The number of hydrogen-bond donors (Lipinski definition) is 0. The molecular formula is C15H22O2S. The molecule has 0 aliphatic heterocycles. The van der Waals surface area contributed by atoms with Crippen molar-refractivity contribution >= 4 is 22.1 Å². The average molecular weight is 266 g/mol. The highest BCUT2D eigenvalue weighted by Crippen LogP contribution is 2.53. The molecule has 3 heteroatoms. The molecule has 100 valence electrons. The maximum atomic E-state index is 11.9. The first-order valence-corrected chi connectivity index (χ1v) is 8.56. The van der Waals surface area contributed by atoms with Crippen LogP contribution in [0.5, 0.6) is 0 Å². The van der Waals surface area contributed by atoms with Gasteiger partial charge in [0, 0.05) is 0 Å². The lowest BCUT2D eigenvalue weighted by Gasteiger charge is -2.36. The monoisotopic (exact) mass is 266 g/mol. The minimum absolute atomic E-state index is 0.0907. The molecular weight excluding hydrogens is 244 g/mol. The highest BCUT2D eigenvalue weighted by Gasteiger charge is 2.29. The molecule has 2 nitrogen and oxygen atoms in total. The highest BCUT2D eigenvalue weighted by atomic mass is 32.3. The van der Waals surface area contributed by atoms with Gasteiger partial charge in [0.2, 0.25) is 0 Å². The SMILES string of the molecule is C=Cc1ccc(S(C)(C)[C@H](C)C(=O)OCC)cc1. The van der Waals surface area contributed by atoms with E-state index in [4.69, 9.17) is 4.74 Å². The first-order chi connectivity index (χ1) is 8.43. The number of benzene rings is 1. The number of esters is 1. The Labute approximate surface area is 111 Å². The average Bonchev–Trinajstić information content (AvgIpc) is 2.38. The van der Waals surface area contributed by atoms with Crippen molar-refractivity contribution in [2.45, 2.75) is 24.0 Å². The summed E-state index contributed by atoms with van der Waals surface area (Å²) in [6, 6.07) is 8.24. The third-order valence-corrected chi connectivity index (χ3v) is 6.67. The number of ether oxygens (including phenoxy) is 1. The molecule has 1 rings (SSSR count). The molecule has 1 aromatic carbocycles.